The number of ether oxygens (including phenoxy) is 2. The molecule has 126 valence electrons. The fourth-order valence-corrected chi connectivity index (χ4v) is 2.77. The summed E-state index contributed by atoms with van der Waals surface area (Å²) < 4.78 is 10.6. The Morgan fingerprint density at radius 2 is 1.80 bits per heavy atom. The molecular weight excluding hydrogens is 320 g/mol. The smallest absolute Gasteiger partial charge is 0.282 e. The first-order valence-corrected chi connectivity index (χ1v) is 7.87. The van der Waals surface area contributed by atoms with Gasteiger partial charge >= 0.3 is 0 Å². The Labute approximate surface area is 144 Å². The van der Waals surface area contributed by atoms with Crippen LogP contribution in [0.1, 0.15) is 16.7 Å². The molecule has 1 N–H and O–H groups in total. The van der Waals surface area contributed by atoms with E-state index in [0.29, 0.717) is 22.7 Å². The number of fused-ring (bicyclic) bond motifs is 1. The zero-order valence-electron chi connectivity index (χ0n) is 13.8. The third-order valence-electron chi connectivity index (χ3n) is 4.35. The number of nitrogens with one attached hydrogen (secondary N) is 1. The van der Waals surface area contributed by atoms with Crippen molar-refractivity contribution in [1.29, 1.82) is 0 Å². The summed E-state index contributed by atoms with van der Waals surface area (Å²) in [5.74, 6) is 0.444. The maximum atomic E-state index is 12.7. The molecule has 1 fully saturated rings. The van der Waals surface area contributed by atoms with Gasteiger partial charge in [-0.25, -0.2) is 5.01 Å². The molecule has 6 heteroatoms. The van der Waals surface area contributed by atoms with Crippen molar-refractivity contribution in [3.05, 3.63) is 58.7 Å². The van der Waals surface area contributed by atoms with Crippen LogP contribution in [-0.4, -0.2) is 18.6 Å². The lowest BCUT2D eigenvalue weighted by Gasteiger charge is -2.15. The number of carbonyl (C=O) groups is 2. The Bertz CT molecular complexity index is 933. The molecule has 2 aliphatic heterocycles. The number of hydrogen-bond donors (Lipinski definition) is 1. The van der Waals surface area contributed by atoms with Crippen LogP contribution in [0.3, 0.4) is 0 Å². The van der Waals surface area contributed by atoms with Gasteiger partial charge in [0.25, 0.3) is 11.8 Å². The SMILES string of the molecule is Cc1ccc(N2NC(=O)/C(=C\c3ccc4c(c3)OCO4)C2=O)cc1C. The van der Waals surface area contributed by atoms with Crippen LogP contribution >= 0.6 is 0 Å². The van der Waals surface area contributed by atoms with Gasteiger partial charge in [0.05, 0.1) is 5.69 Å². The highest BCUT2D eigenvalue weighted by Crippen LogP contribution is 2.33. The number of hydrazine groups is 1. The van der Waals surface area contributed by atoms with Crippen LogP contribution in [-0.2, 0) is 9.59 Å². The highest BCUT2D eigenvalue weighted by atomic mass is 16.7. The number of anilines is 1. The van der Waals surface area contributed by atoms with Crippen LogP contribution in [0.25, 0.3) is 6.08 Å². The van der Waals surface area contributed by atoms with Crippen LogP contribution in [0.2, 0.25) is 0 Å². The summed E-state index contributed by atoms with van der Waals surface area (Å²) in [5, 5.41) is 1.27. The van der Waals surface area contributed by atoms with E-state index in [1.54, 1.807) is 24.3 Å². The monoisotopic (exact) mass is 336 g/mol. The molecule has 2 heterocycles. The minimum Gasteiger partial charge on any atom is -0.454 e. The van der Waals surface area contributed by atoms with Gasteiger partial charge in [0.15, 0.2) is 11.5 Å². The van der Waals surface area contributed by atoms with Gasteiger partial charge in [0.2, 0.25) is 6.79 Å². The quantitative estimate of drug-likeness (QED) is 0.676. The molecule has 0 unspecified atom stereocenters. The molecule has 0 bridgehead atoms. The summed E-state index contributed by atoms with van der Waals surface area (Å²) in [7, 11) is 0. The van der Waals surface area contributed by atoms with Crippen molar-refractivity contribution in [2.75, 3.05) is 11.8 Å². The maximum Gasteiger partial charge on any atom is 0.282 e. The van der Waals surface area contributed by atoms with Gasteiger partial charge in [-0.2, -0.15) is 0 Å². The molecule has 0 atom stereocenters. The Balaban J connectivity index is 1.66. The molecule has 25 heavy (non-hydrogen) atoms. The van der Waals surface area contributed by atoms with Crippen LogP contribution < -0.4 is 19.9 Å². The number of aryl methyl sites for hydroxylation is 2. The normalized spacial score (nSPS) is 17.4. The molecule has 2 aromatic carbocycles. The second-order valence-corrected chi connectivity index (χ2v) is 6.02. The van der Waals surface area contributed by atoms with E-state index in [0.717, 1.165) is 11.1 Å². The molecule has 0 aliphatic carbocycles. The van der Waals surface area contributed by atoms with E-state index < -0.39 is 5.91 Å². The first-order valence-electron chi connectivity index (χ1n) is 7.87. The fraction of sp³-hybridized carbons (Fsp3) is 0.158. The topological polar surface area (TPSA) is 67.9 Å². The third-order valence-corrected chi connectivity index (χ3v) is 4.35. The number of rotatable bonds is 2. The summed E-state index contributed by atoms with van der Waals surface area (Å²) in [4.78, 5) is 24.9. The third kappa shape index (κ3) is 2.61. The first kappa shape index (κ1) is 15.3. The lowest BCUT2D eigenvalue weighted by atomic mass is 10.1. The molecule has 0 aromatic heterocycles. The Hall–Kier alpha value is -3.28. The Kier molecular flexibility index (Phi) is 3.46. The van der Waals surface area contributed by atoms with E-state index in [2.05, 4.69) is 5.43 Å². The van der Waals surface area contributed by atoms with E-state index in [4.69, 9.17) is 9.47 Å². The highest BCUT2D eigenvalue weighted by molar-refractivity contribution is 6.31. The lowest BCUT2D eigenvalue weighted by Crippen LogP contribution is -2.35. The molecular formula is C19H16N2O4. The van der Waals surface area contributed by atoms with Crippen LogP contribution in [0, 0.1) is 13.8 Å². The van der Waals surface area contributed by atoms with Crippen molar-refractivity contribution in [2.45, 2.75) is 13.8 Å². The van der Waals surface area contributed by atoms with Gasteiger partial charge < -0.3 is 9.47 Å². The average Bonchev–Trinajstić information content (AvgIpc) is 3.16. The number of carbonyl (C=O) groups excluding carboxylic acids is 2. The second-order valence-electron chi connectivity index (χ2n) is 6.02. The van der Waals surface area contributed by atoms with E-state index in [1.807, 2.05) is 32.0 Å². The van der Waals surface area contributed by atoms with Crippen LogP contribution in [0.5, 0.6) is 11.5 Å². The molecule has 2 amide bonds. The fourth-order valence-electron chi connectivity index (χ4n) is 2.77. The minimum atomic E-state index is -0.430. The van der Waals surface area contributed by atoms with E-state index in [1.165, 1.54) is 5.01 Å². The van der Waals surface area contributed by atoms with Gasteiger partial charge in [0.1, 0.15) is 5.57 Å². The number of amides is 2. The molecule has 0 spiro atoms. The zero-order chi connectivity index (χ0) is 17.6. The van der Waals surface area contributed by atoms with Crippen molar-refractivity contribution < 1.29 is 19.1 Å². The van der Waals surface area contributed by atoms with Gasteiger partial charge in [0, 0.05) is 0 Å². The van der Waals surface area contributed by atoms with Gasteiger partial charge in [-0.05, 0) is 60.9 Å². The minimum absolute atomic E-state index is 0.0806. The highest BCUT2D eigenvalue weighted by Gasteiger charge is 2.34. The molecule has 0 saturated carbocycles. The van der Waals surface area contributed by atoms with E-state index >= 15 is 0 Å². The van der Waals surface area contributed by atoms with Gasteiger partial charge in [-0.1, -0.05) is 12.1 Å². The molecule has 4 rings (SSSR count). The average molecular weight is 336 g/mol. The number of nitrogens with zero attached hydrogens (tertiary/aromatic N) is 1. The molecule has 2 aliphatic rings. The Morgan fingerprint density at radius 3 is 2.60 bits per heavy atom. The zero-order valence-corrected chi connectivity index (χ0v) is 13.8. The molecule has 6 nitrogen and oxygen atoms in total. The maximum absolute atomic E-state index is 12.7. The number of hydrogen-bond acceptors (Lipinski definition) is 4. The van der Waals surface area contributed by atoms with Crippen molar-refractivity contribution in [2.24, 2.45) is 0 Å². The first-order chi connectivity index (χ1) is 12.0. The van der Waals surface area contributed by atoms with E-state index in [-0.39, 0.29) is 18.3 Å². The lowest BCUT2D eigenvalue weighted by molar-refractivity contribution is -0.117. The van der Waals surface area contributed by atoms with Gasteiger partial charge in [-0.3, -0.25) is 15.0 Å². The summed E-state index contributed by atoms with van der Waals surface area (Å²) >= 11 is 0. The van der Waals surface area contributed by atoms with Gasteiger partial charge in [-0.15, -0.1) is 0 Å². The van der Waals surface area contributed by atoms with Crippen molar-refractivity contribution in [1.82, 2.24) is 5.43 Å². The molecule has 2 aromatic rings. The van der Waals surface area contributed by atoms with Crippen LogP contribution in [0.4, 0.5) is 5.69 Å². The van der Waals surface area contributed by atoms with Crippen molar-refractivity contribution in [3.63, 3.8) is 0 Å². The number of benzene rings is 2. The van der Waals surface area contributed by atoms with Crippen LogP contribution in [0.15, 0.2) is 42.0 Å². The summed E-state index contributed by atoms with van der Waals surface area (Å²) in [6.45, 7) is 4.13. The van der Waals surface area contributed by atoms with Crippen molar-refractivity contribution in [3.8, 4) is 11.5 Å². The summed E-state index contributed by atoms with van der Waals surface area (Å²) in [6, 6.07) is 10.9. The molecule has 0 radical (unpaired) electrons. The van der Waals surface area contributed by atoms with E-state index in [9.17, 15) is 9.59 Å². The second kappa shape index (κ2) is 5.66. The predicted molar refractivity (Wildman–Crippen MR) is 92.1 cm³/mol. The predicted octanol–water partition coefficient (Wildman–Crippen LogP) is 2.49. The molecule has 1 saturated heterocycles. The Morgan fingerprint density at radius 1 is 1.00 bits per heavy atom. The summed E-state index contributed by atoms with van der Waals surface area (Å²) in [5.41, 5.74) is 6.20. The standard InChI is InChI=1S/C19H16N2O4/c1-11-3-5-14(7-12(11)2)21-19(23)15(18(22)20-21)8-13-4-6-16-17(9-13)25-10-24-16/h3-9H,10H2,1-2H3,(H,20,22)/b15-8+. The summed E-state index contributed by atoms with van der Waals surface area (Å²) in [6.07, 6.45) is 1.56. The van der Waals surface area contributed by atoms with Crippen molar-refractivity contribution >= 4 is 23.6 Å². The largest absolute Gasteiger partial charge is 0.454 e.